The van der Waals surface area contributed by atoms with Gasteiger partial charge in [-0.25, -0.2) is 4.79 Å². The van der Waals surface area contributed by atoms with Gasteiger partial charge in [0.2, 0.25) is 5.91 Å². The number of carbonyl (C=O) groups excluding carboxylic acids is 1. The van der Waals surface area contributed by atoms with Crippen LogP contribution in [-0.4, -0.2) is 35.2 Å². The summed E-state index contributed by atoms with van der Waals surface area (Å²) in [5, 5.41) is 9.84. The van der Waals surface area contributed by atoms with E-state index in [2.05, 4.69) is 11.6 Å². The van der Waals surface area contributed by atoms with Crippen molar-refractivity contribution in [3.05, 3.63) is 58.6 Å². The number of carboxylic acid groups (broad SMARTS) is 1. The van der Waals surface area contributed by atoms with E-state index >= 15 is 0 Å². The number of amides is 1. The van der Waals surface area contributed by atoms with Crippen LogP contribution in [0.15, 0.2) is 47.4 Å². The first kappa shape index (κ1) is 20.6. The van der Waals surface area contributed by atoms with Gasteiger partial charge in [-0.3, -0.25) is 4.79 Å². The number of carboxylic acids is 1. The molecule has 26 heavy (non-hydrogen) atoms. The molecule has 0 aromatic heterocycles. The van der Waals surface area contributed by atoms with Gasteiger partial charge in [-0.1, -0.05) is 23.7 Å². The molecule has 2 aromatic rings. The van der Waals surface area contributed by atoms with Crippen molar-refractivity contribution < 1.29 is 14.7 Å². The third-order valence-corrected chi connectivity index (χ3v) is 5.19. The Morgan fingerprint density at radius 1 is 1.27 bits per heavy atom. The molecule has 0 bridgehead atoms. The molecule has 0 unspecified atom stereocenters. The highest BCUT2D eigenvalue weighted by Crippen LogP contribution is 2.35. The molecule has 0 spiro atoms. The van der Waals surface area contributed by atoms with Gasteiger partial charge in [0.1, 0.15) is 0 Å². The Morgan fingerprint density at radius 2 is 1.92 bits per heavy atom. The zero-order valence-electron chi connectivity index (χ0n) is 14.0. The molecular formula is C18H18Cl2N2O3S. The molecule has 0 saturated heterocycles. The normalized spacial score (nSPS) is 16.2. The number of anilines is 1. The number of hydrogen-bond donors (Lipinski definition) is 2. The molecule has 3 rings (SSSR count). The van der Waals surface area contributed by atoms with Crippen LogP contribution in [0, 0.1) is 0 Å². The summed E-state index contributed by atoms with van der Waals surface area (Å²) in [5.41, 5.74) is 7.58. The number of nitrogens with two attached hydrogens (primary N) is 1. The summed E-state index contributed by atoms with van der Waals surface area (Å²) in [5.74, 6) is -0.802. The summed E-state index contributed by atoms with van der Waals surface area (Å²) < 4.78 is 0. The number of thioether (sulfide) groups is 1. The van der Waals surface area contributed by atoms with E-state index in [4.69, 9.17) is 17.3 Å². The van der Waals surface area contributed by atoms with Gasteiger partial charge in [-0.05, 0) is 35.9 Å². The molecule has 3 N–H and O–H groups in total. The predicted octanol–water partition coefficient (Wildman–Crippen LogP) is 3.86. The Labute approximate surface area is 166 Å². The minimum absolute atomic E-state index is 0.138. The van der Waals surface area contributed by atoms with Crippen LogP contribution in [0.1, 0.15) is 15.9 Å². The molecule has 2 aromatic carbocycles. The SMILES string of the molecule is CCl.N[C@H]1CSc2ccc(C(=O)O)cc2N(Cc2ccc(Cl)cc2)C1=O. The van der Waals surface area contributed by atoms with E-state index < -0.39 is 12.0 Å². The minimum atomic E-state index is -1.03. The highest BCUT2D eigenvalue weighted by molar-refractivity contribution is 7.99. The second-order valence-electron chi connectivity index (χ2n) is 5.46. The van der Waals surface area contributed by atoms with Gasteiger partial charge in [0.05, 0.1) is 23.8 Å². The number of rotatable bonds is 3. The van der Waals surface area contributed by atoms with Crippen molar-refractivity contribution in [2.45, 2.75) is 17.5 Å². The Morgan fingerprint density at radius 3 is 2.54 bits per heavy atom. The maximum absolute atomic E-state index is 12.7. The molecule has 0 aliphatic carbocycles. The van der Waals surface area contributed by atoms with Gasteiger partial charge in [0, 0.05) is 22.1 Å². The quantitative estimate of drug-likeness (QED) is 0.747. The second-order valence-corrected chi connectivity index (χ2v) is 6.95. The first-order valence-corrected chi connectivity index (χ1v) is 9.77. The van der Waals surface area contributed by atoms with E-state index in [9.17, 15) is 14.7 Å². The van der Waals surface area contributed by atoms with Crippen molar-refractivity contribution in [2.75, 3.05) is 17.0 Å². The van der Waals surface area contributed by atoms with Gasteiger partial charge in [-0.2, -0.15) is 0 Å². The first-order valence-electron chi connectivity index (χ1n) is 7.65. The maximum atomic E-state index is 12.7. The molecule has 1 atom stereocenters. The highest BCUT2D eigenvalue weighted by Gasteiger charge is 2.29. The second kappa shape index (κ2) is 9.28. The van der Waals surface area contributed by atoms with Gasteiger partial charge in [0.25, 0.3) is 0 Å². The Bertz CT molecular complexity index is 800. The van der Waals surface area contributed by atoms with E-state index in [0.717, 1.165) is 10.5 Å². The van der Waals surface area contributed by atoms with E-state index in [-0.39, 0.29) is 11.5 Å². The van der Waals surface area contributed by atoms with Crippen molar-refractivity contribution in [3.63, 3.8) is 0 Å². The Balaban J connectivity index is 0.00000117. The lowest BCUT2D eigenvalue weighted by atomic mass is 10.1. The first-order chi connectivity index (χ1) is 12.5. The van der Waals surface area contributed by atoms with Gasteiger partial charge in [-0.15, -0.1) is 23.4 Å². The fourth-order valence-electron chi connectivity index (χ4n) is 2.49. The number of aromatic carboxylic acids is 1. The predicted molar refractivity (Wildman–Crippen MR) is 107 cm³/mol. The molecule has 0 fully saturated rings. The van der Waals surface area contributed by atoms with Gasteiger partial charge < -0.3 is 15.7 Å². The third kappa shape index (κ3) is 4.71. The molecule has 1 heterocycles. The number of alkyl halides is 1. The summed E-state index contributed by atoms with van der Waals surface area (Å²) in [6.07, 6.45) is 1.47. The van der Waals surface area contributed by atoms with Crippen LogP contribution in [0.25, 0.3) is 0 Å². The van der Waals surface area contributed by atoms with Crippen LogP contribution in [0.2, 0.25) is 5.02 Å². The van der Waals surface area contributed by atoms with Crippen molar-refractivity contribution in [3.8, 4) is 0 Å². The lowest BCUT2D eigenvalue weighted by Crippen LogP contribution is -2.44. The van der Waals surface area contributed by atoms with Crippen molar-refractivity contribution in [1.29, 1.82) is 0 Å². The molecular weight excluding hydrogens is 395 g/mol. The lowest BCUT2D eigenvalue weighted by Gasteiger charge is -2.24. The van der Waals surface area contributed by atoms with Crippen LogP contribution in [0.3, 0.4) is 0 Å². The molecule has 1 amide bonds. The van der Waals surface area contributed by atoms with E-state index in [0.29, 0.717) is 23.0 Å². The van der Waals surface area contributed by atoms with E-state index in [1.165, 1.54) is 30.3 Å². The summed E-state index contributed by atoms with van der Waals surface area (Å²) in [6, 6.07) is 11.3. The number of halogens is 2. The zero-order valence-corrected chi connectivity index (χ0v) is 16.3. The topological polar surface area (TPSA) is 83.6 Å². The molecule has 8 heteroatoms. The number of hydrogen-bond acceptors (Lipinski definition) is 4. The Hall–Kier alpha value is -1.73. The molecule has 0 saturated carbocycles. The average Bonchev–Trinajstić information content (AvgIpc) is 2.77. The monoisotopic (exact) mass is 412 g/mol. The minimum Gasteiger partial charge on any atom is -0.478 e. The van der Waals surface area contributed by atoms with Crippen LogP contribution in [0.5, 0.6) is 0 Å². The molecule has 138 valence electrons. The standard InChI is InChI=1S/C17H15ClN2O3S.CH3Cl/c18-12-4-1-10(2-5-12)8-20-14-7-11(17(22)23)3-6-15(14)24-9-13(19)16(20)21;1-2/h1-7,13H,8-9,19H2,(H,22,23);1H3/t13-;/m0./s1. The molecule has 1 aliphatic heterocycles. The Kier molecular flexibility index (Phi) is 7.34. The van der Waals surface area contributed by atoms with Crippen LogP contribution >= 0.6 is 35.0 Å². The smallest absolute Gasteiger partial charge is 0.335 e. The summed E-state index contributed by atoms with van der Waals surface area (Å²) in [4.78, 5) is 26.3. The largest absolute Gasteiger partial charge is 0.478 e. The zero-order chi connectivity index (χ0) is 19.3. The number of carbonyl (C=O) groups is 2. The molecule has 5 nitrogen and oxygen atoms in total. The van der Waals surface area contributed by atoms with Crippen LogP contribution < -0.4 is 10.6 Å². The number of nitrogens with zero attached hydrogens (tertiary/aromatic N) is 1. The summed E-state index contributed by atoms with van der Waals surface area (Å²) in [7, 11) is 0. The van der Waals surface area contributed by atoms with Crippen molar-refractivity contribution in [2.24, 2.45) is 5.73 Å². The number of benzene rings is 2. The van der Waals surface area contributed by atoms with Gasteiger partial charge in [0.15, 0.2) is 0 Å². The lowest BCUT2D eigenvalue weighted by molar-refractivity contribution is -0.119. The van der Waals surface area contributed by atoms with E-state index in [1.54, 1.807) is 23.1 Å². The van der Waals surface area contributed by atoms with Crippen LogP contribution in [-0.2, 0) is 11.3 Å². The molecule has 0 radical (unpaired) electrons. The summed E-state index contributed by atoms with van der Waals surface area (Å²) in [6.45, 7) is 0.306. The highest BCUT2D eigenvalue weighted by atomic mass is 35.5. The fourth-order valence-corrected chi connectivity index (χ4v) is 3.60. The maximum Gasteiger partial charge on any atom is 0.335 e. The average molecular weight is 413 g/mol. The fraction of sp³-hybridized carbons (Fsp3) is 0.222. The van der Waals surface area contributed by atoms with Gasteiger partial charge >= 0.3 is 5.97 Å². The van der Waals surface area contributed by atoms with Crippen molar-refractivity contribution >= 4 is 52.5 Å². The summed E-state index contributed by atoms with van der Waals surface area (Å²) >= 11 is 12.0. The third-order valence-electron chi connectivity index (χ3n) is 3.75. The van der Waals surface area contributed by atoms with E-state index in [1.807, 2.05) is 12.1 Å². The number of fused-ring (bicyclic) bond motifs is 1. The van der Waals surface area contributed by atoms with Crippen molar-refractivity contribution in [1.82, 2.24) is 0 Å². The van der Waals surface area contributed by atoms with Crippen LogP contribution in [0.4, 0.5) is 5.69 Å². The molecule has 1 aliphatic rings.